The van der Waals surface area contributed by atoms with Crippen LogP contribution in [0.3, 0.4) is 0 Å². The van der Waals surface area contributed by atoms with Crippen LogP contribution in [-0.4, -0.2) is 4.98 Å². The number of benzene rings is 1. The predicted molar refractivity (Wildman–Crippen MR) is 57.6 cm³/mol. The van der Waals surface area contributed by atoms with E-state index >= 15 is 0 Å². The fourth-order valence-corrected chi connectivity index (χ4v) is 3.68. The van der Waals surface area contributed by atoms with Crippen LogP contribution in [0.5, 0.6) is 0 Å². The molecule has 2 heterocycles. The molecule has 0 N–H and O–H groups in total. The van der Waals surface area contributed by atoms with Gasteiger partial charge in [-0.15, -0.1) is 0 Å². The van der Waals surface area contributed by atoms with Gasteiger partial charge < -0.3 is 0 Å². The number of pyridine rings is 1. The molecule has 0 aliphatic carbocycles. The van der Waals surface area contributed by atoms with Gasteiger partial charge in [0.15, 0.2) is 0 Å². The number of nitrogens with zero attached hydrogens (tertiary/aromatic N) is 2. The number of hydrogen-bond donors (Lipinski definition) is 0. The first-order valence-corrected chi connectivity index (χ1v) is 5.96. The molecule has 2 nitrogen and oxygen atoms in total. The molecule has 0 fully saturated rings. The third kappa shape index (κ3) is 0.908. The zero-order valence-corrected chi connectivity index (χ0v) is 8.33. The summed E-state index contributed by atoms with van der Waals surface area (Å²) >= 11 is 0. The second-order valence-electron chi connectivity index (χ2n) is 3.36. The summed E-state index contributed by atoms with van der Waals surface area (Å²) in [7, 11) is -0.645. The molecule has 3 heteroatoms. The standard InChI is InChI=1S/C11H7N2P/c12-7-14-6-9-3-1-2-8-4-13-5-10(14)11(8)9/h1-5H,6H2. The molecule has 0 radical (unpaired) electrons. The van der Waals surface area contributed by atoms with Crippen molar-refractivity contribution in [2.45, 2.75) is 6.16 Å². The van der Waals surface area contributed by atoms with Gasteiger partial charge in [0.05, 0.1) is 5.81 Å². The Balaban J connectivity index is 2.45. The first kappa shape index (κ1) is 7.91. The number of nitriles is 1. The number of hydrogen-bond acceptors (Lipinski definition) is 2. The lowest BCUT2D eigenvalue weighted by molar-refractivity contribution is 1.38. The molecule has 0 saturated carbocycles. The van der Waals surface area contributed by atoms with Crippen molar-refractivity contribution in [3.05, 3.63) is 36.2 Å². The number of aromatic nitrogens is 1. The van der Waals surface area contributed by atoms with E-state index in [9.17, 15) is 0 Å². The molecule has 0 spiro atoms. The third-order valence-electron chi connectivity index (χ3n) is 2.59. The molecule has 0 amide bonds. The molecule has 0 saturated heterocycles. The summed E-state index contributed by atoms with van der Waals surface area (Å²) in [6, 6.07) is 6.22. The minimum atomic E-state index is -0.645. The lowest BCUT2D eigenvalue weighted by atomic mass is 10.1. The first-order valence-electron chi connectivity index (χ1n) is 4.43. The average molecular weight is 198 g/mol. The van der Waals surface area contributed by atoms with E-state index in [0.717, 1.165) is 11.5 Å². The number of rotatable bonds is 0. The van der Waals surface area contributed by atoms with Crippen LogP contribution in [0.2, 0.25) is 0 Å². The van der Waals surface area contributed by atoms with Gasteiger partial charge in [0.2, 0.25) is 0 Å². The van der Waals surface area contributed by atoms with Crippen LogP contribution in [0.1, 0.15) is 5.56 Å². The average Bonchev–Trinajstić information content (AvgIpc) is 2.60. The molecule has 1 aromatic carbocycles. The van der Waals surface area contributed by atoms with E-state index in [-0.39, 0.29) is 0 Å². The molecule has 1 aliphatic rings. The van der Waals surface area contributed by atoms with E-state index in [2.05, 4.69) is 22.9 Å². The summed E-state index contributed by atoms with van der Waals surface area (Å²) in [5.41, 5.74) is 1.31. The van der Waals surface area contributed by atoms with Gasteiger partial charge in [0, 0.05) is 37.2 Å². The summed E-state index contributed by atoms with van der Waals surface area (Å²) in [4.78, 5) is 4.18. The Morgan fingerprint density at radius 1 is 1.36 bits per heavy atom. The van der Waals surface area contributed by atoms with Gasteiger partial charge >= 0.3 is 0 Å². The van der Waals surface area contributed by atoms with Gasteiger partial charge in [-0.25, -0.2) is 0 Å². The van der Waals surface area contributed by atoms with Gasteiger partial charge in [-0.3, -0.25) is 4.98 Å². The van der Waals surface area contributed by atoms with Crippen LogP contribution < -0.4 is 5.30 Å². The van der Waals surface area contributed by atoms with Crippen molar-refractivity contribution in [1.29, 1.82) is 5.26 Å². The van der Waals surface area contributed by atoms with Crippen molar-refractivity contribution in [1.82, 2.24) is 4.98 Å². The Kier molecular flexibility index (Phi) is 1.56. The normalized spacial score (nSPS) is 18.4. The summed E-state index contributed by atoms with van der Waals surface area (Å²) < 4.78 is 0. The molecule has 1 unspecified atom stereocenters. The van der Waals surface area contributed by atoms with Crippen molar-refractivity contribution < 1.29 is 0 Å². The second kappa shape index (κ2) is 2.77. The zero-order chi connectivity index (χ0) is 9.54. The molecular weight excluding hydrogens is 191 g/mol. The maximum atomic E-state index is 9.04. The van der Waals surface area contributed by atoms with Crippen molar-refractivity contribution in [2.75, 3.05) is 0 Å². The molecule has 14 heavy (non-hydrogen) atoms. The fourth-order valence-electron chi connectivity index (χ4n) is 1.97. The van der Waals surface area contributed by atoms with Crippen LogP contribution in [0.4, 0.5) is 0 Å². The lowest BCUT2D eigenvalue weighted by Gasteiger charge is -1.99. The lowest BCUT2D eigenvalue weighted by Crippen LogP contribution is -1.97. The second-order valence-corrected chi connectivity index (χ2v) is 5.21. The summed E-state index contributed by atoms with van der Waals surface area (Å²) in [5.74, 6) is 2.40. The van der Waals surface area contributed by atoms with Gasteiger partial charge in [-0.1, -0.05) is 18.2 Å². The van der Waals surface area contributed by atoms with Gasteiger partial charge in [-0.2, -0.15) is 5.26 Å². The Morgan fingerprint density at radius 2 is 2.29 bits per heavy atom. The minimum absolute atomic E-state index is 0.645. The largest absolute Gasteiger partial charge is 0.263 e. The van der Waals surface area contributed by atoms with E-state index in [1.54, 1.807) is 0 Å². The molecule has 0 bridgehead atoms. The van der Waals surface area contributed by atoms with Crippen LogP contribution in [0.15, 0.2) is 30.6 Å². The van der Waals surface area contributed by atoms with Crippen LogP contribution in [0, 0.1) is 11.1 Å². The Labute approximate surface area is 82.9 Å². The van der Waals surface area contributed by atoms with Crippen molar-refractivity contribution in [2.24, 2.45) is 0 Å². The smallest absolute Gasteiger partial charge is 0.0925 e. The Hall–Kier alpha value is -1.45. The summed E-state index contributed by atoms with van der Waals surface area (Å²) in [6.45, 7) is 0. The quantitative estimate of drug-likeness (QED) is 0.609. The maximum absolute atomic E-state index is 9.04. The fraction of sp³-hybridized carbons (Fsp3) is 0.0909. The summed E-state index contributed by atoms with van der Waals surface area (Å²) in [6.07, 6.45) is 4.64. The van der Waals surface area contributed by atoms with E-state index in [4.69, 9.17) is 5.26 Å². The molecule has 1 aliphatic heterocycles. The molecule has 66 valence electrons. The van der Waals surface area contributed by atoms with E-state index in [1.165, 1.54) is 16.3 Å². The monoisotopic (exact) mass is 198 g/mol. The SMILES string of the molecule is N#CP1Cc2cccc3cncc1c23. The highest BCUT2D eigenvalue weighted by Gasteiger charge is 2.23. The van der Waals surface area contributed by atoms with Crippen LogP contribution in [0.25, 0.3) is 10.8 Å². The Morgan fingerprint density at radius 3 is 3.14 bits per heavy atom. The maximum Gasteiger partial charge on any atom is 0.0925 e. The van der Waals surface area contributed by atoms with Crippen molar-refractivity contribution >= 4 is 24.0 Å². The molecule has 1 aromatic heterocycles. The van der Waals surface area contributed by atoms with Crippen LogP contribution in [-0.2, 0) is 6.16 Å². The molecule has 3 rings (SSSR count). The highest BCUT2D eigenvalue weighted by molar-refractivity contribution is 7.70. The van der Waals surface area contributed by atoms with E-state index < -0.39 is 7.92 Å². The third-order valence-corrected chi connectivity index (χ3v) is 4.41. The summed E-state index contributed by atoms with van der Waals surface area (Å²) in [5, 5.41) is 12.6. The molecule has 2 aromatic rings. The van der Waals surface area contributed by atoms with Gasteiger partial charge in [0.25, 0.3) is 0 Å². The van der Waals surface area contributed by atoms with Crippen LogP contribution >= 0.6 is 7.92 Å². The highest BCUT2D eigenvalue weighted by atomic mass is 31.1. The predicted octanol–water partition coefficient (Wildman–Crippen LogP) is 2.34. The molecule has 1 atom stereocenters. The topological polar surface area (TPSA) is 36.7 Å². The van der Waals surface area contributed by atoms with Gasteiger partial charge in [0.1, 0.15) is 0 Å². The zero-order valence-electron chi connectivity index (χ0n) is 7.44. The van der Waals surface area contributed by atoms with Crippen molar-refractivity contribution in [3.63, 3.8) is 0 Å². The van der Waals surface area contributed by atoms with Crippen molar-refractivity contribution in [3.8, 4) is 5.81 Å². The highest BCUT2D eigenvalue weighted by Crippen LogP contribution is 2.46. The first-order chi connectivity index (χ1) is 6.90. The van der Waals surface area contributed by atoms with E-state index in [0.29, 0.717) is 0 Å². The molecular formula is C11H7N2P. The minimum Gasteiger partial charge on any atom is -0.263 e. The van der Waals surface area contributed by atoms with E-state index in [1.807, 2.05) is 18.5 Å². The Bertz CT molecular complexity index is 551. The van der Waals surface area contributed by atoms with Gasteiger partial charge in [-0.05, 0) is 10.9 Å².